The second-order valence-corrected chi connectivity index (χ2v) is 8.59. The number of hydrogen-bond donors (Lipinski definition) is 1. The van der Waals surface area contributed by atoms with Gasteiger partial charge in [0.15, 0.2) is 0 Å². The van der Waals surface area contributed by atoms with E-state index in [9.17, 15) is 23.9 Å². The molecule has 0 radical (unpaired) electrons. The van der Waals surface area contributed by atoms with E-state index in [1.54, 1.807) is 11.0 Å². The summed E-state index contributed by atoms with van der Waals surface area (Å²) in [7, 11) is 0. The van der Waals surface area contributed by atoms with Crippen LogP contribution in [0.5, 0.6) is 0 Å². The van der Waals surface area contributed by atoms with Crippen molar-refractivity contribution >= 4 is 17.7 Å². The Morgan fingerprint density at radius 3 is 2.62 bits per heavy atom. The minimum absolute atomic E-state index is 0.117. The zero-order chi connectivity index (χ0) is 20.6. The van der Waals surface area contributed by atoms with E-state index >= 15 is 0 Å². The van der Waals surface area contributed by atoms with Gasteiger partial charge in [0, 0.05) is 32.0 Å². The molecule has 2 aliphatic heterocycles. The van der Waals surface area contributed by atoms with Crippen LogP contribution in [0.4, 0.5) is 4.39 Å². The summed E-state index contributed by atoms with van der Waals surface area (Å²) in [6.45, 7) is 0.746. The summed E-state index contributed by atoms with van der Waals surface area (Å²) in [5.41, 5.74) is -0.997. The lowest BCUT2D eigenvalue weighted by Gasteiger charge is -2.34. The van der Waals surface area contributed by atoms with E-state index in [-0.39, 0.29) is 43.1 Å². The molecule has 1 aromatic carbocycles. The lowest BCUT2D eigenvalue weighted by atomic mass is 9.75. The summed E-state index contributed by atoms with van der Waals surface area (Å²) in [6.07, 6.45) is 3.97. The van der Waals surface area contributed by atoms with Crippen molar-refractivity contribution in [3.05, 3.63) is 35.6 Å². The zero-order valence-electron chi connectivity index (χ0n) is 16.5. The van der Waals surface area contributed by atoms with Crippen molar-refractivity contribution in [2.45, 2.75) is 68.9 Å². The summed E-state index contributed by atoms with van der Waals surface area (Å²) in [6, 6.07) is 5.57. The number of likely N-dealkylation sites (tertiary alicyclic amines) is 2. The highest BCUT2D eigenvalue weighted by Crippen LogP contribution is 2.43. The highest BCUT2D eigenvalue weighted by atomic mass is 19.1. The molecule has 0 unspecified atom stereocenters. The van der Waals surface area contributed by atoms with Crippen LogP contribution in [-0.4, -0.2) is 57.9 Å². The first-order chi connectivity index (χ1) is 13.9. The average Bonchev–Trinajstić information content (AvgIpc) is 3.29. The van der Waals surface area contributed by atoms with Gasteiger partial charge in [-0.25, -0.2) is 4.39 Å². The predicted molar refractivity (Wildman–Crippen MR) is 103 cm³/mol. The van der Waals surface area contributed by atoms with Crippen molar-refractivity contribution < 1.29 is 23.9 Å². The Morgan fingerprint density at radius 1 is 1.17 bits per heavy atom. The fourth-order valence-corrected chi connectivity index (χ4v) is 5.10. The number of carbonyl (C=O) groups is 3. The van der Waals surface area contributed by atoms with Gasteiger partial charge in [-0.3, -0.25) is 19.3 Å². The van der Waals surface area contributed by atoms with Gasteiger partial charge < -0.3 is 10.0 Å². The third-order valence-corrected chi connectivity index (χ3v) is 6.62. The minimum Gasteiger partial charge on any atom is -0.391 e. The molecule has 1 saturated carbocycles. The molecular formula is C22H27FN2O4. The molecule has 4 rings (SSSR count). The molecule has 6 nitrogen and oxygen atoms in total. The molecule has 2 atom stereocenters. The van der Waals surface area contributed by atoms with E-state index in [1.807, 2.05) is 0 Å². The summed E-state index contributed by atoms with van der Waals surface area (Å²) >= 11 is 0. The summed E-state index contributed by atoms with van der Waals surface area (Å²) in [4.78, 5) is 42.5. The van der Waals surface area contributed by atoms with Crippen LogP contribution in [0.1, 0.15) is 56.9 Å². The first-order valence-electron chi connectivity index (χ1n) is 10.5. The molecule has 1 aromatic rings. The third kappa shape index (κ3) is 3.68. The Labute approximate surface area is 169 Å². The fourth-order valence-electron chi connectivity index (χ4n) is 5.10. The van der Waals surface area contributed by atoms with E-state index in [0.717, 1.165) is 25.7 Å². The SMILES string of the molecule is O=C(C[C@]1(c2cccc(F)c2)CC(=O)N(C2CCCC2)C1=O)N1CCC[C@H](O)C1. The molecule has 0 spiro atoms. The Morgan fingerprint density at radius 2 is 1.93 bits per heavy atom. The van der Waals surface area contributed by atoms with Crippen molar-refractivity contribution in [2.75, 3.05) is 13.1 Å². The number of nitrogens with zero attached hydrogens (tertiary/aromatic N) is 2. The van der Waals surface area contributed by atoms with Gasteiger partial charge in [0.2, 0.25) is 17.7 Å². The summed E-state index contributed by atoms with van der Waals surface area (Å²) in [5.74, 6) is -1.44. The largest absolute Gasteiger partial charge is 0.391 e. The standard InChI is InChI=1S/C22H27FN2O4/c23-16-6-3-5-15(11-16)22(12-19(27)24-10-4-9-18(26)14-24)13-20(28)25(21(22)29)17-7-1-2-8-17/h3,5-6,11,17-18,26H,1-2,4,7-10,12-14H2/t18-,22+/m0/s1. The molecule has 0 aromatic heterocycles. The van der Waals surface area contributed by atoms with Crippen LogP contribution in [0, 0.1) is 5.82 Å². The molecule has 156 valence electrons. The predicted octanol–water partition coefficient (Wildman–Crippen LogP) is 2.14. The molecule has 1 N–H and O–H groups in total. The van der Waals surface area contributed by atoms with Crippen LogP contribution in [0.2, 0.25) is 0 Å². The second-order valence-electron chi connectivity index (χ2n) is 8.59. The molecule has 1 aliphatic carbocycles. The second kappa shape index (κ2) is 7.86. The summed E-state index contributed by atoms with van der Waals surface area (Å²) in [5, 5.41) is 9.91. The van der Waals surface area contributed by atoms with Gasteiger partial charge in [-0.15, -0.1) is 0 Å². The van der Waals surface area contributed by atoms with Crippen molar-refractivity contribution in [2.24, 2.45) is 0 Å². The van der Waals surface area contributed by atoms with Crippen molar-refractivity contribution in [1.29, 1.82) is 0 Å². The monoisotopic (exact) mass is 402 g/mol. The molecule has 0 bridgehead atoms. The van der Waals surface area contributed by atoms with E-state index in [0.29, 0.717) is 24.9 Å². The maximum atomic E-state index is 14.0. The number of carbonyl (C=O) groups excluding carboxylic acids is 3. The molecule has 3 amide bonds. The lowest BCUT2D eigenvalue weighted by molar-refractivity contribution is -0.145. The van der Waals surface area contributed by atoms with Gasteiger partial charge in [-0.1, -0.05) is 25.0 Å². The van der Waals surface area contributed by atoms with Gasteiger partial charge in [-0.2, -0.15) is 0 Å². The smallest absolute Gasteiger partial charge is 0.241 e. The van der Waals surface area contributed by atoms with Crippen LogP contribution < -0.4 is 0 Å². The molecular weight excluding hydrogens is 375 g/mol. The molecule has 7 heteroatoms. The van der Waals surface area contributed by atoms with Crippen molar-refractivity contribution in [3.8, 4) is 0 Å². The highest BCUT2D eigenvalue weighted by molar-refractivity contribution is 6.11. The zero-order valence-corrected chi connectivity index (χ0v) is 16.5. The van der Waals surface area contributed by atoms with Gasteiger partial charge in [0.05, 0.1) is 11.5 Å². The van der Waals surface area contributed by atoms with Crippen LogP contribution in [0.25, 0.3) is 0 Å². The average molecular weight is 402 g/mol. The van der Waals surface area contributed by atoms with Crippen LogP contribution >= 0.6 is 0 Å². The number of rotatable bonds is 4. The first-order valence-corrected chi connectivity index (χ1v) is 10.5. The Kier molecular flexibility index (Phi) is 5.42. The van der Waals surface area contributed by atoms with Gasteiger partial charge in [0.25, 0.3) is 0 Å². The van der Waals surface area contributed by atoms with Crippen molar-refractivity contribution in [1.82, 2.24) is 9.80 Å². The van der Waals surface area contributed by atoms with Gasteiger partial charge >= 0.3 is 0 Å². The van der Waals surface area contributed by atoms with E-state index in [1.165, 1.54) is 23.1 Å². The number of imide groups is 1. The Hall–Kier alpha value is -2.28. The Bertz CT molecular complexity index is 823. The van der Waals surface area contributed by atoms with E-state index in [4.69, 9.17) is 0 Å². The number of halogens is 1. The van der Waals surface area contributed by atoms with Crippen molar-refractivity contribution in [3.63, 3.8) is 0 Å². The lowest BCUT2D eigenvalue weighted by Crippen LogP contribution is -2.48. The maximum absolute atomic E-state index is 14.0. The number of amides is 3. The number of piperidine rings is 1. The molecule has 3 aliphatic rings. The van der Waals surface area contributed by atoms with Crippen LogP contribution in [0.3, 0.4) is 0 Å². The van der Waals surface area contributed by atoms with Gasteiger partial charge in [-0.05, 0) is 43.4 Å². The highest BCUT2D eigenvalue weighted by Gasteiger charge is 2.56. The molecule has 2 heterocycles. The number of β-amino-alcohol motifs (C(OH)–C–C–N with tert-alkyl or cyclic N) is 1. The van der Waals surface area contributed by atoms with E-state index in [2.05, 4.69) is 0 Å². The Balaban J connectivity index is 1.68. The maximum Gasteiger partial charge on any atom is 0.241 e. The number of aliphatic hydroxyl groups excluding tert-OH is 1. The first kappa shape index (κ1) is 20.0. The van der Waals surface area contributed by atoms with Crippen LogP contribution in [0.15, 0.2) is 24.3 Å². The molecule has 29 heavy (non-hydrogen) atoms. The number of hydrogen-bond acceptors (Lipinski definition) is 4. The van der Waals surface area contributed by atoms with E-state index < -0.39 is 17.3 Å². The summed E-state index contributed by atoms with van der Waals surface area (Å²) < 4.78 is 14.0. The van der Waals surface area contributed by atoms with Crippen LogP contribution in [-0.2, 0) is 19.8 Å². The number of aliphatic hydroxyl groups is 1. The molecule has 2 saturated heterocycles. The minimum atomic E-state index is -1.37. The quantitative estimate of drug-likeness (QED) is 0.783. The topological polar surface area (TPSA) is 77.9 Å². The third-order valence-electron chi connectivity index (χ3n) is 6.62. The fraction of sp³-hybridized carbons (Fsp3) is 0.591. The normalized spacial score (nSPS) is 28.4. The van der Waals surface area contributed by atoms with Gasteiger partial charge in [0.1, 0.15) is 5.82 Å². The number of benzene rings is 1. The molecule has 3 fully saturated rings.